The predicted molar refractivity (Wildman–Crippen MR) is 128 cm³/mol. The Hall–Kier alpha value is -2.57. The molecule has 0 aromatic heterocycles. The number of hydrogen-bond donors (Lipinski definition) is 2. The van der Waals surface area contributed by atoms with Crippen LogP contribution in [0.15, 0.2) is 82.2 Å². The molecule has 30 heavy (non-hydrogen) atoms. The van der Waals surface area contributed by atoms with Gasteiger partial charge in [-0.25, -0.2) is 0 Å². The van der Waals surface area contributed by atoms with E-state index in [1.165, 1.54) is 11.8 Å². The van der Waals surface area contributed by atoms with Gasteiger partial charge in [-0.15, -0.1) is 11.8 Å². The van der Waals surface area contributed by atoms with Gasteiger partial charge in [0.25, 0.3) is 5.91 Å². The van der Waals surface area contributed by atoms with Gasteiger partial charge in [-0.05, 0) is 71.7 Å². The number of nitrogens with one attached hydrogen (secondary N) is 2. The van der Waals surface area contributed by atoms with Crippen molar-refractivity contribution >= 4 is 50.9 Å². The van der Waals surface area contributed by atoms with Crippen molar-refractivity contribution in [3.63, 3.8) is 0 Å². The van der Waals surface area contributed by atoms with E-state index >= 15 is 0 Å². The summed E-state index contributed by atoms with van der Waals surface area (Å²) in [7, 11) is 0. The van der Waals surface area contributed by atoms with E-state index in [2.05, 4.69) is 26.6 Å². The first-order valence-corrected chi connectivity index (χ1v) is 11.3. The van der Waals surface area contributed by atoms with Gasteiger partial charge in [0.2, 0.25) is 5.91 Å². The van der Waals surface area contributed by atoms with Crippen LogP contribution in [-0.4, -0.2) is 17.1 Å². The topological polar surface area (TPSA) is 58.2 Å². The first-order chi connectivity index (χ1) is 14.5. The molecule has 0 aliphatic heterocycles. The highest BCUT2D eigenvalue weighted by Crippen LogP contribution is 2.30. The molecule has 0 radical (unpaired) electrons. The minimum Gasteiger partial charge on any atom is -0.324 e. The molecular weight excluding hydrogens is 460 g/mol. The molecule has 6 heteroatoms. The monoisotopic (exact) mass is 482 g/mol. The molecule has 3 aromatic rings. The van der Waals surface area contributed by atoms with E-state index in [4.69, 9.17) is 0 Å². The van der Waals surface area contributed by atoms with E-state index in [9.17, 15) is 9.59 Å². The lowest BCUT2D eigenvalue weighted by Gasteiger charge is -2.16. The Balaban J connectivity index is 1.67. The molecule has 2 N–H and O–H groups in total. The second kappa shape index (κ2) is 10.5. The Morgan fingerprint density at radius 3 is 2.40 bits per heavy atom. The largest absolute Gasteiger partial charge is 0.324 e. The van der Waals surface area contributed by atoms with Crippen molar-refractivity contribution in [3.8, 4) is 0 Å². The molecule has 2 amide bonds. The average Bonchev–Trinajstić information content (AvgIpc) is 2.74. The number of hydrogen-bond acceptors (Lipinski definition) is 3. The summed E-state index contributed by atoms with van der Waals surface area (Å²) in [5.41, 5.74) is 3.17. The summed E-state index contributed by atoms with van der Waals surface area (Å²) in [5, 5.41) is 5.65. The van der Waals surface area contributed by atoms with Crippen molar-refractivity contribution in [3.05, 3.63) is 88.4 Å². The summed E-state index contributed by atoms with van der Waals surface area (Å²) in [6.45, 7) is 3.97. The van der Waals surface area contributed by atoms with E-state index in [0.29, 0.717) is 17.7 Å². The number of rotatable bonds is 7. The Morgan fingerprint density at radius 2 is 1.70 bits per heavy atom. The number of carbonyl (C=O) groups is 2. The van der Waals surface area contributed by atoms with E-state index in [1.807, 2.05) is 86.6 Å². The smallest absolute Gasteiger partial charge is 0.255 e. The fourth-order valence-corrected chi connectivity index (χ4v) is 4.21. The van der Waals surface area contributed by atoms with Gasteiger partial charge in [0.15, 0.2) is 0 Å². The van der Waals surface area contributed by atoms with Gasteiger partial charge in [0, 0.05) is 20.6 Å². The minimum absolute atomic E-state index is 0.0523. The quantitative estimate of drug-likeness (QED) is 0.376. The second-order valence-corrected chi connectivity index (χ2v) is 8.96. The number of para-hydroxylation sites is 1. The van der Waals surface area contributed by atoms with Crippen molar-refractivity contribution in [2.24, 2.45) is 0 Å². The minimum atomic E-state index is -0.250. The highest BCUT2D eigenvalue weighted by molar-refractivity contribution is 9.10. The van der Waals surface area contributed by atoms with E-state index < -0.39 is 0 Å². The first-order valence-electron chi connectivity index (χ1n) is 9.66. The molecule has 4 nitrogen and oxygen atoms in total. The number of halogens is 1. The van der Waals surface area contributed by atoms with Gasteiger partial charge in [0.05, 0.1) is 10.9 Å². The average molecular weight is 483 g/mol. The zero-order chi connectivity index (χ0) is 21.5. The molecule has 154 valence electrons. The molecule has 0 aliphatic carbocycles. The molecule has 0 aliphatic rings. The zero-order valence-electron chi connectivity index (χ0n) is 16.8. The fraction of sp³-hybridized carbons (Fsp3) is 0.167. The van der Waals surface area contributed by atoms with Crippen LogP contribution in [0.3, 0.4) is 0 Å². The summed E-state index contributed by atoms with van der Waals surface area (Å²) in [6, 6.07) is 22.6. The molecule has 0 fully saturated rings. The lowest BCUT2D eigenvalue weighted by molar-refractivity contribution is -0.115. The zero-order valence-corrected chi connectivity index (χ0v) is 19.2. The van der Waals surface area contributed by atoms with Crippen molar-refractivity contribution < 1.29 is 9.59 Å². The lowest BCUT2D eigenvalue weighted by Crippen LogP contribution is -2.24. The van der Waals surface area contributed by atoms with Crippen LogP contribution < -0.4 is 10.6 Å². The van der Waals surface area contributed by atoms with Crippen LogP contribution in [0.1, 0.15) is 29.3 Å². The number of amides is 2. The molecule has 3 rings (SSSR count). The normalized spacial score (nSPS) is 11.6. The maximum absolute atomic E-state index is 12.8. The summed E-state index contributed by atoms with van der Waals surface area (Å²) in [4.78, 5) is 26.1. The van der Waals surface area contributed by atoms with Crippen LogP contribution >= 0.6 is 27.7 Å². The molecule has 0 bridgehead atoms. The second-order valence-electron chi connectivity index (χ2n) is 6.83. The molecule has 0 heterocycles. The van der Waals surface area contributed by atoms with E-state index in [-0.39, 0.29) is 17.1 Å². The van der Waals surface area contributed by atoms with Crippen LogP contribution in [0, 0.1) is 6.92 Å². The van der Waals surface area contributed by atoms with Crippen LogP contribution in [0.25, 0.3) is 0 Å². The summed E-state index contributed by atoms with van der Waals surface area (Å²) >= 11 is 4.94. The Kier molecular flexibility index (Phi) is 7.71. The molecule has 1 unspecified atom stereocenters. The standard InChI is InChI=1S/C24H23BrN2O2S/c1-3-22(24(29)27-21-10-5-4-9-20(21)25)30-19-8-6-7-18(15-19)26-23(28)17-13-11-16(2)12-14-17/h4-15,22H,3H2,1-2H3,(H,26,28)(H,27,29). The van der Waals surface area contributed by atoms with E-state index in [1.54, 1.807) is 0 Å². The highest BCUT2D eigenvalue weighted by Gasteiger charge is 2.19. The van der Waals surface area contributed by atoms with Gasteiger partial charge in [-0.2, -0.15) is 0 Å². The Labute approximate surface area is 189 Å². The molecular formula is C24H23BrN2O2S. The number of thioether (sulfide) groups is 1. The van der Waals surface area contributed by atoms with Gasteiger partial charge in [-0.3, -0.25) is 9.59 Å². The maximum Gasteiger partial charge on any atom is 0.255 e. The number of carbonyl (C=O) groups excluding carboxylic acids is 2. The Morgan fingerprint density at radius 1 is 0.967 bits per heavy atom. The van der Waals surface area contributed by atoms with Crippen LogP contribution in [-0.2, 0) is 4.79 Å². The third-order valence-electron chi connectivity index (χ3n) is 4.48. The van der Waals surface area contributed by atoms with Gasteiger partial charge in [-0.1, -0.05) is 42.8 Å². The van der Waals surface area contributed by atoms with Crippen molar-refractivity contribution in [2.75, 3.05) is 10.6 Å². The molecule has 3 aromatic carbocycles. The fourth-order valence-electron chi connectivity index (χ4n) is 2.82. The van der Waals surface area contributed by atoms with Crippen LogP contribution in [0.4, 0.5) is 11.4 Å². The van der Waals surface area contributed by atoms with Crippen molar-refractivity contribution in [2.45, 2.75) is 30.4 Å². The van der Waals surface area contributed by atoms with Crippen molar-refractivity contribution in [1.82, 2.24) is 0 Å². The molecule has 0 spiro atoms. The number of aryl methyl sites for hydroxylation is 1. The predicted octanol–water partition coefficient (Wildman–Crippen LogP) is 6.52. The molecule has 0 saturated carbocycles. The number of benzene rings is 3. The third-order valence-corrected chi connectivity index (χ3v) is 6.53. The highest BCUT2D eigenvalue weighted by atomic mass is 79.9. The number of anilines is 2. The van der Waals surface area contributed by atoms with E-state index in [0.717, 1.165) is 20.6 Å². The summed E-state index contributed by atoms with van der Waals surface area (Å²) in [6.07, 6.45) is 0.681. The maximum atomic E-state index is 12.8. The van der Waals surface area contributed by atoms with Crippen LogP contribution in [0.2, 0.25) is 0 Å². The van der Waals surface area contributed by atoms with Gasteiger partial charge in [0.1, 0.15) is 0 Å². The van der Waals surface area contributed by atoms with Crippen molar-refractivity contribution in [1.29, 1.82) is 0 Å². The molecule has 1 atom stereocenters. The van der Waals surface area contributed by atoms with Gasteiger partial charge >= 0.3 is 0 Å². The SMILES string of the molecule is CCC(Sc1cccc(NC(=O)c2ccc(C)cc2)c1)C(=O)Nc1ccccc1Br. The molecule has 0 saturated heterocycles. The van der Waals surface area contributed by atoms with Crippen LogP contribution in [0.5, 0.6) is 0 Å². The van der Waals surface area contributed by atoms with Gasteiger partial charge < -0.3 is 10.6 Å². The summed E-state index contributed by atoms with van der Waals surface area (Å²) < 4.78 is 0.846. The summed E-state index contributed by atoms with van der Waals surface area (Å²) in [5.74, 6) is -0.209. The Bertz CT molecular complexity index is 1040. The first kappa shape index (κ1) is 22.1. The third kappa shape index (κ3) is 5.97. The lowest BCUT2D eigenvalue weighted by atomic mass is 10.1.